The van der Waals surface area contributed by atoms with Crippen LogP contribution in [0.1, 0.15) is 13.3 Å². The molecule has 3 rings (SSSR count). The Morgan fingerprint density at radius 3 is 2.80 bits per heavy atom. The highest BCUT2D eigenvalue weighted by Crippen LogP contribution is 2.38. The molecule has 106 valence electrons. The number of rotatable bonds is 4. The number of aromatic nitrogens is 1. The van der Waals surface area contributed by atoms with Crippen molar-refractivity contribution in [2.75, 3.05) is 19.1 Å². The molecule has 0 N–H and O–H groups in total. The lowest BCUT2D eigenvalue weighted by atomic mass is 10.1. The van der Waals surface area contributed by atoms with Gasteiger partial charge in [0.25, 0.3) is 0 Å². The van der Waals surface area contributed by atoms with Gasteiger partial charge < -0.3 is 9.47 Å². The molecule has 0 saturated heterocycles. The third-order valence-corrected chi connectivity index (χ3v) is 4.62. The molecule has 0 saturated carbocycles. The second kappa shape index (κ2) is 6.10. The Labute approximate surface area is 127 Å². The average molecular weight is 310 g/mol. The van der Waals surface area contributed by atoms with Gasteiger partial charge in [-0.1, -0.05) is 6.92 Å². The number of alkyl halides is 1. The summed E-state index contributed by atoms with van der Waals surface area (Å²) in [4.78, 5) is 4.50. The van der Waals surface area contributed by atoms with Gasteiger partial charge in [-0.2, -0.15) is 0 Å². The summed E-state index contributed by atoms with van der Waals surface area (Å²) in [6, 6.07) is 6.07. The molecule has 3 nitrogen and oxygen atoms in total. The highest BCUT2D eigenvalue weighted by atomic mass is 35.5. The minimum absolute atomic E-state index is 0.443. The summed E-state index contributed by atoms with van der Waals surface area (Å²) in [5.74, 6) is 2.30. The summed E-state index contributed by atoms with van der Waals surface area (Å²) in [6.07, 6.45) is 2.81. The molecule has 2 heterocycles. The average Bonchev–Trinajstić information content (AvgIpc) is 2.46. The van der Waals surface area contributed by atoms with Crippen LogP contribution in [0.5, 0.6) is 11.5 Å². The molecule has 20 heavy (non-hydrogen) atoms. The Balaban J connectivity index is 2.00. The lowest BCUT2D eigenvalue weighted by Crippen LogP contribution is -2.15. The van der Waals surface area contributed by atoms with Crippen LogP contribution < -0.4 is 9.47 Å². The third kappa shape index (κ3) is 2.81. The highest BCUT2D eigenvalue weighted by Gasteiger charge is 2.15. The molecule has 0 radical (unpaired) electrons. The summed E-state index contributed by atoms with van der Waals surface area (Å²) in [7, 11) is 0. The molecule has 2 aromatic rings. The van der Waals surface area contributed by atoms with E-state index in [-0.39, 0.29) is 0 Å². The summed E-state index contributed by atoms with van der Waals surface area (Å²) >= 11 is 7.56. The number of fused-ring (bicyclic) bond motifs is 2. The van der Waals surface area contributed by atoms with E-state index in [2.05, 4.69) is 11.9 Å². The van der Waals surface area contributed by atoms with Gasteiger partial charge in [0.1, 0.15) is 18.2 Å². The van der Waals surface area contributed by atoms with Crippen LogP contribution in [-0.2, 0) is 0 Å². The van der Waals surface area contributed by atoms with Crippen molar-refractivity contribution in [3.05, 3.63) is 24.4 Å². The number of benzene rings is 1. The van der Waals surface area contributed by atoms with E-state index in [1.165, 1.54) is 0 Å². The SMILES string of the molecule is CC(CCCl)Sc1nccc2cc3c(cc12)OCCO3. The molecule has 0 bridgehead atoms. The molecule has 0 spiro atoms. The van der Waals surface area contributed by atoms with Crippen molar-refractivity contribution in [3.8, 4) is 11.5 Å². The van der Waals surface area contributed by atoms with Crippen molar-refractivity contribution in [3.63, 3.8) is 0 Å². The zero-order valence-electron chi connectivity index (χ0n) is 11.3. The number of nitrogens with zero attached hydrogens (tertiary/aromatic N) is 1. The predicted molar refractivity (Wildman–Crippen MR) is 83.4 cm³/mol. The number of ether oxygens (including phenoxy) is 2. The van der Waals surface area contributed by atoms with Crippen molar-refractivity contribution < 1.29 is 9.47 Å². The van der Waals surface area contributed by atoms with Gasteiger partial charge in [-0.25, -0.2) is 4.98 Å². The third-order valence-electron chi connectivity index (χ3n) is 3.22. The minimum atomic E-state index is 0.443. The number of hydrogen-bond acceptors (Lipinski definition) is 4. The Morgan fingerprint density at radius 1 is 1.30 bits per heavy atom. The summed E-state index contributed by atoms with van der Waals surface area (Å²) < 4.78 is 11.3. The van der Waals surface area contributed by atoms with Crippen molar-refractivity contribution in [1.82, 2.24) is 4.98 Å². The molecular formula is C15H16ClNO2S. The maximum absolute atomic E-state index is 5.81. The van der Waals surface area contributed by atoms with Crippen molar-refractivity contribution in [1.29, 1.82) is 0 Å². The minimum Gasteiger partial charge on any atom is -0.486 e. The van der Waals surface area contributed by atoms with Crippen LogP contribution in [0.3, 0.4) is 0 Å². The molecule has 1 atom stereocenters. The normalized spacial score (nSPS) is 15.3. The molecule has 1 unspecified atom stereocenters. The van der Waals surface area contributed by atoms with Gasteiger partial charge in [0, 0.05) is 22.7 Å². The van der Waals surface area contributed by atoms with E-state index in [0.29, 0.717) is 24.3 Å². The van der Waals surface area contributed by atoms with Gasteiger partial charge >= 0.3 is 0 Å². The second-order valence-electron chi connectivity index (χ2n) is 4.74. The Morgan fingerprint density at radius 2 is 2.05 bits per heavy atom. The lowest BCUT2D eigenvalue weighted by Gasteiger charge is -2.19. The van der Waals surface area contributed by atoms with E-state index in [0.717, 1.165) is 33.7 Å². The molecule has 1 aromatic heterocycles. The summed E-state index contributed by atoms with van der Waals surface area (Å²) in [6.45, 7) is 3.38. The molecule has 0 fully saturated rings. The fourth-order valence-corrected chi connectivity index (χ4v) is 3.68. The van der Waals surface area contributed by atoms with E-state index in [1.54, 1.807) is 11.8 Å². The first-order chi connectivity index (χ1) is 9.78. The maximum Gasteiger partial charge on any atom is 0.162 e. The fourth-order valence-electron chi connectivity index (χ4n) is 2.18. The molecule has 5 heteroatoms. The maximum atomic E-state index is 5.81. The van der Waals surface area contributed by atoms with Crippen LogP contribution >= 0.6 is 23.4 Å². The number of halogens is 1. The number of thioether (sulfide) groups is 1. The topological polar surface area (TPSA) is 31.4 Å². The molecule has 0 amide bonds. The van der Waals surface area contributed by atoms with E-state index < -0.39 is 0 Å². The predicted octanol–water partition coefficient (Wildman–Crippen LogP) is 4.12. The molecule has 1 aromatic carbocycles. The Bertz CT molecular complexity index is 620. The quantitative estimate of drug-likeness (QED) is 0.628. The van der Waals surface area contributed by atoms with Gasteiger partial charge in [-0.05, 0) is 30.0 Å². The number of pyridine rings is 1. The van der Waals surface area contributed by atoms with E-state index in [1.807, 2.05) is 24.4 Å². The smallest absolute Gasteiger partial charge is 0.162 e. The van der Waals surface area contributed by atoms with Gasteiger partial charge in [-0.15, -0.1) is 23.4 Å². The molecular weight excluding hydrogens is 294 g/mol. The van der Waals surface area contributed by atoms with Crippen LogP contribution in [-0.4, -0.2) is 29.3 Å². The summed E-state index contributed by atoms with van der Waals surface area (Å²) in [5.41, 5.74) is 0. The van der Waals surface area contributed by atoms with Gasteiger partial charge in [0.15, 0.2) is 11.5 Å². The van der Waals surface area contributed by atoms with E-state index >= 15 is 0 Å². The zero-order valence-corrected chi connectivity index (χ0v) is 12.8. The van der Waals surface area contributed by atoms with Crippen LogP contribution in [0.25, 0.3) is 10.8 Å². The zero-order chi connectivity index (χ0) is 13.9. The van der Waals surface area contributed by atoms with Crippen molar-refractivity contribution >= 4 is 34.1 Å². The monoisotopic (exact) mass is 309 g/mol. The van der Waals surface area contributed by atoms with Gasteiger partial charge in [-0.3, -0.25) is 0 Å². The Hall–Kier alpha value is -1.13. The summed E-state index contributed by atoms with van der Waals surface area (Å²) in [5, 5.41) is 3.71. The van der Waals surface area contributed by atoms with Crippen LogP contribution in [0.2, 0.25) is 0 Å². The number of hydrogen-bond donors (Lipinski definition) is 0. The highest BCUT2D eigenvalue weighted by molar-refractivity contribution is 8.00. The lowest BCUT2D eigenvalue weighted by molar-refractivity contribution is 0.172. The van der Waals surface area contributed by atoms with E-state index in [9.17, 15) is 0 Å². The largest absolute Gasteiger partial charge is 0.486 e. The van der Waals surface area contributed by atoms with Crippen LogP contribution in [0, 0.1) is 0 Å². The first-order valence-corrected chi connectivity index (χ1v) is 8.10. The van der Waals surface area contributed by atoms with Gasteiger partial charge in [0.05, 0.1) is 0 Å². The molecule has 1 aliphatic heterocycles. The van der Waals surface area contributed by atoms with Crippen molar-refractivity contribution in [2.45, 2.75) is 23.6 Å². The van der Waals surface area contributed by atoms with E-state index in [4.69, 9.17) is 21.1 Å². The van der Waals surface area contributed by atoms with Crippen LogP contribution in [0.15, 0.2) is 29.4 Å². The van der Waals surface area contributed by atoms with Crippen LogP contribution in [0.4, 0.5) is 0 Å². The Kier molecular flexibility index (Phi) is 4.22. The molecule has 0 aliphatic carbocycles. The second-order valence-corrected chi connectivity index (χ2v) is 6.54. The first-order valence-electron chi connectivity index (χ1n) is 6.69. The van der Waals surface area contributed by atoms with Crippen molar-refractivity contribution in [2.24, 2.45) is 0 Å². The molecule has 1 aliphatic rings. The fraction of sp³-hybridized carbons (Fsp3) is 0.400. The standard InChI is InChI=1S/C15H16ClNO2S/c1-10(2-4-16)20-15-12-9-14-13(18-6-7-19-14)8-11(12)3-5-17-15/h3,5,8-10H,2,4,6-7H2,1H3. The first kappa shape index (κ1) is 13.8. The van der Waals surface area contributed by atoms with Gasteiger partial charge in [0.2, 0.25) is 0 Å².